The third-order valence-corrected chi connectivity index (χ3v) is 6.69. The predicted molar refractivity (Wildman–Crippen MR) is 136 cm³/mol. The van der Waals surface area contributed by atoms with Crippen molar-refractivity contribution in [1.29, 1.82) is 5.26 Å². The van der Waals surface area contributed by atoms with E-state index in [2.05, 4.69) is 49.1 Å². The number of thioether (sulfide) groups is 1. The van der Waals surface area contributed by atoms with Gasteiger partial charge in [-0.2, -0.15) is 5.26 Å². The summed E-state index contributed by atoms with van der Waals surface area (Å²) in [7, 11) is 0. The molecule has 1 nitrogen and oxygen atoms in total. The zero-order valence-electron chi connectivity index (χ0n) is 19.1. The molecular formula is C30H25F2NS. The summed E-state index contributed by atoms with van der Waals surface area (Å²) in [6, 6.07) is 16.9. The summed E-state index contributed by atoms with van der Waals surface area (Å²) >= 11 is 0.498. The molecule has 0 spiro atoms. The van der Waals surface area contributed by atoms with E-state index in [9.17, 15) is 8.78 Å². The Morgan fingerprint density at radius 1 is 0.882 bits per heavy atom. The van der Waals surface area contributed by atoms with Gasteiger partial charge in [0.15, 0.2) is 0 Å². The van der Waals surface area contributed by atoms with Crippen molar-refractivity contribution < 1.29 is 8.78 Å². The van der Waals surface area contributed by atoms with Crippen molar-refractivity contribution in [3.05, 3.63) is 94.1 Å². The minimum Gasteiger partial charge on any atom is -0.206 e. The Morgan fingerprint density at radius 3 is 2.35 bits per heavy atom. The molecular weight excluding hydrogens is 444 g/mol. The first kappa shape index (κ1) is 23.8. The topological polar surface area (TPSA) is 23.8 Å². The summed E-state index contributed by atoms with van der Waals surface area (Å²) in [5, 5.41) is 10.4. The van der Waals surface area contributed by atoms with Gasteiger partial charge in [0.2, 0.25) is 0 Å². The molecule has 4 rings (SSSR count). The molecule has 0 radical (unpaired) electrons. The molecule has 4 heteroatoms. The van der Waals surface area contributed by atoms with Crippen molar-refractivity contribution >= 4 is 17.8 Å². The van der Waals surface area contributed by atoms with E-state index in [1.165, 1.54) is 37.0 Å². The van der Waals surface area contributed by atoms with Crippen LogP contribution < -0.4 is 0 Å². The van der Waals surface area contributed by atoms with E-state index in [0.29, 0.717) is 17.3 Å². The maximum atomic E-state index is 14.3. The fourth-order valence-electron chi connectivity index (χ4n) is 4.13. The molecule has 1 aliphatic rings. The number of benzene rings is 3. The first-order chi connectivity index (χ1) is 16.6. The highest BCUT2D eigenvalue weighted by Crippen LogP contribution is 2.33. The first-order valence-corrected chi connectivity index (χ1v) is 12.4. The Balaban J connectivity index is 1.49. The first-order valence-electron chi connectivity index (χ1n) is 11.6. The molecule has 170 valence electrons. The van der Waals surface area contributed by atoms with Crippen molar-refractivity contribution in [3.63, 3.8) is 0 Å². The maximum absolute atomic E-state index is 14.3. The summed E-state index contributed by atoms with van der Waals surface area (Å²) in [5.74, 6) is 5.16. The zero-order valence-corrected chi connectivity index (χ0v) is 19.9. The Morgan fingerprint density at radius 2 is 1.65 bits per heavy atom. The molecule has 0 amide bonds. The van der Waals surface area contributed by atoms with Gasteiger partial charge < -0.3 is 0 Å². The zero-order chi connectivity index (χ0) is 23.9. The Bertz CT molecular complexity index is 1300. The summed E-state index contributed by atoms with van der Waals surface area (Å²) in [5.41, 5.74) is 6.91. The molecule has 0 aromatic heterocycles. The summed E-state index contributed by atoms with van der Waals surface area (Å²) < 4.78 is 28.5. The van der Waals surface area contributed by atoms with Crippen LogP contribution in [0.2, 0.25) is 0 Å². The number of thiocyanates is 1. The van der Waals surface area contributed by atoms with Crippen molar-refractivity contribution in [2.24, 2.45) is 0 Å². The van der Waals surface area contributed by atoms with Gasteiger partial charge in [-0.15, -0.1) is 0 Å². The standard InChI is InChI=1S/C30H25F2NS/c1-2-3-4-5-21-6-8-22(9-7-21)10-11-23-12-13-25-17-26(15-14-24(25)16-23)27-18-28(31)30(34-20-33)29(32)19-27/h6-9,14-19H,2-5,12-13H2,1H3. The van der Waals surface area contributed by atoms with Crippen LogP contribution in [0, 0.1) is 34.1 Å². The maximum Gasteiger partial charge on any atom is 0.141 e. The van der Waals surface area contributed by atoms with Crippen molar-refractivity contribution in [3.8, 4) is 28.4 Å². The van der Waals surface area contributed by atoms with Gasteiger partial charge in [0.05, 0.1) is 4.90 Å². The van der Waals surface area contributed by atoms with Gasteiger partial charge in [-0.3, -0.25) is 0 Å². The third-order valence-electron chi connectivity index (χ3n) is 6.01. The van der Waals surface area contributed by atoms with Gasteiger partial charge >= 0.3 is 0 Å². The molecule has 0 fully saturated rings. The van der Waals surface area contributed by atoms with Gasteiger partial charge in [-0.05, 0) is 95.6 Å². The number of rotatable bonds is 6. The number of allylic oxidation sites excluding steroid dienone is 1. The molecule has 3 aromatic carbocycles. The van der Waals surface area contributed by atoms with Crippen LogP contribution in [0.1, 0.15) is 54.9 Å². The summed E-state index contributed by atoms with van der Waals surface area (Å²) in [6.07, 6.45) is 8.60. The Hall–Kier alpha value is -3.34. The van der Waals surface area contributed by atoms with Crippen LogP contribution in [0.25, 0.3) is 17.2 Å². The fraction of sp³-hybridized carbons (Fsp3) is 0.233. The van der Waals surface area contributed by atoms with Crippen molar-refractivity contribution in [1.82, 2.24) is 0 Å². The van der Waals surface area contributed by atoms with E-state index < -0.39 is 11.6 Å². The van der Waals surface area contributed by atoms with Gasteiger partial charge in [0, 0.05) is 11.1 Å². The van der Waals surface area contributed by atoms with Crippen LogP contribution in [0.5, 0.6) is 0 Å². The largest absolute Gasteiger partial charge is 0.206 e. The van der Waals surface area contributed by atoms with Gasteiger partial charge in [-0.1, -0.05) is 61.9 Å². The molecule has 1 aliphatic carbocycles. The smallest absolute Gasteiger partial charge is 0.141 e. The second-order valence-electron chi connectivity index (χ2n) is 8.45. The number of fused-ring (bicyclic) bond motifs is 1. The Kier molecular flexibility index (Phi) is 7.84. The quantitative estimate of drug-likeness (QED) is 0.157. The van der Waals surface area contributed by atoms with E-state index in [1.54, 1.807) is 5.40 Å². The van der Waals surface area contributed by atoms with Crippen LogP contribution in [-0.4, -0.2) is 0 Å². The fourth-order valence-corrected chi connectivity index (χ4v) is 4.53. The molecule has 0 aliphatic heterocycles. The van der Waals surface area contributed by atoms with Gasteiger partial charge in [0.25, 0.3) is 0 Å². The molecule has 0 N–H and O–H groups in total. The Labute approximate surface area is 204 Å². The van der Waals surface area contributed by atoms with E-state index in [4.69, 9.17) is 5.26 Å². The van der Waals surface area contributed by atoms with Crippen molar-refractivity contribution in [2.45, 2.75) is 50.3 Å². The molecule has 0 heterocycles. The van der Waals surface area contributed by atoms with Crippen LogP contribution in [0.4, 0.5) is 8.78 Å². The molecule has 0 atom stereocenters. The highest BCUT2D eigenvalue weighted by molar-refractivity contribution is 8.03. The number of hydrogen-bond acceptors (Lipinski definition) is 2. The minimum atomic E-state index is -0.717. The lowest BCUT2D eigenvalue weighted by molar-refractivity contribution is 0.542. The molecule has 34 heavy (non-hydrogen) atoms. The lowest BCUT2D eigenvalue weighted by Gasteiger charge is -2.15. The van der Waals surface area contributed by atoms with Crippen LogP contribution in [0.15, 0.2) is 65.1 Å². The number of unbranched alkanes of at least 4 members (excludes halogenated alkanes) is 2. The van der Waals surface area contributed by atoms with Crippen molar-refractivity contribution in [2.75, 3.05) is 0 Å². The average Bonchev–Trinajstić information content (AvgIpc) is 2.85. The van der Waals surface area contributed by atoms with Crippen LogP contribution >= 0.6 is 11.8 Å². The number of nitriles is 1. The van der Waals surface area contributed by atoms with Crippen LogP contribution in [-0.2, 0) is 12.8 Å². The van der Waals surface area contributed by atoms with Gasteiger partial charge in [-0.25, -0.2) is 8.78 Å². The average molecular weight is 470 g/mol. The van der Waals surface area contributed by atoms with E-state index in [1.807, 2.05) is 18.2 Å². The molecule has 0 unspecified atom stereocenters. The highest BCUT2D eigenvalue weighted by atomic mass is 32.2. The number of hydrogen-bond donors (Lipinski definition) is 0. The van der Waals surface area contributed by atoms with Gasteiger partial charge in [0.1, 0.15) is 17.0 Å². The van der Waals surface area contributed by atoms with E-state index >= 15 is 0 Å². The molecule has 3 aromatic rings. The lowest BCUT2D eigenvalue weighted by atomic mass is 9.89. The monoisotopic (exact) mass is 469 g/mol. The SMILES string of the molecule is CCCCCc1ccc(C#CC2=Cc3ccc(-c4cc(F)c(SC#N)c(F)c4)cc3CC2)cc1. The van der Waals surface area contributed by atoms with E-state index in [0.717, 1.165) is 47.1 Å². The normalized spacial score (nSPS) is 12.2. The molecule has 0 saturated carbocycles. The number of halogens is 2. The second-order valence-corrected chi connectivity index (χ2v) is 9.24. The summed E-state index contributed by atoms with van der Waals surface area (Å²) in [6.45, 7) is 2.22. The molecule has 0 saturated heterocycles. The number of nitrogens with zero attached hydrogens (tertiary/aromatic N) is 1. The highest BCUT2D eigenvalue weighted by Gasteiger charge is 2.15. The third kappa shape index (κ3) is 5.77. The molecule has 0 bridgehead atoms. The summed E-state index contributed by atoms with van der Waals surface area (Å²) in [4.78, 5) is -0.263. The predicted octanol–water partition coefficient (Wildman–Crippen LogP) is 8.32. The number of aryl methyl sites for hydroxylation is 2. The second kappa shape index (κ2) is 11.2. The van der Waals surface area contributed by atoms with Crippen LogP contribution in [0.3, 0.4) is 0 Å². The minimum absolute atomic E-state index is 0.263. The van der Waals surface area contributed by atoms with E-state index in [-0.39, 0.29) is 4.90 Å². The lowest BCUT2D eigenvalue weighted by Crippen LogP contribution is -1.99.